The lowest BCUT2D eigenvalue weighted by molar-refractivity contribution is 0.512. The number of hydrogen-bond donors (Lipinski definition) is 1. The first-order chi connectivity index (χ1) is 6.29. The predicted molar refractivity (Wildman–Crippen MR) is 63.0 cm³/mol. The van der Waals surface area contributed by atoms with Crippen molar-refractivity contribution in [1.29, 1.82) is 0 Å². The molecule has 0 amide bonds. The molecule has 3 heteroatoms. The quantitative estimate of drug-likeness (QED) is 0.773. The van der Waals surface area contributed by atoms with Gasteiger partial charge >= 0.3 is 0 Å². The highest BCUT2D eigenvalue weighted by molar-refractivity contribution is 8.21. The largest absolute Gasteiger partial charge is 0.506 e. The summed E-state index contributed by atoms with van der Waals surface area (Å²) >= 11 is 3.13. The fourth-order valence-electron chi connectivity index (χ4n) is 0.991. The average Bonchev–Trinajstić information content (AvgIpc) is 2.21. The zero-order chi connectivity index (χ0) is 9.68. The summed E-state index contributed by atoms with van der Waals surface area (Å²) in [6.45, 7) is 0. The van der Waals surface area contributed by atoms with Gasteiger partial charge in [-0.2, -0.15) is 0 Å². The van der Waals surface area contributed by atoms with Gasteiger partial charge in [-0.05, 0) is 12.5 Å². The Morgan fingerprint density at radius 3 is 2.08 bits per heavy atom. The lowest BCUT2D eigenvalue weighted by Crippen LogP contribution is -1.84. The monoisotopic (exact) mass is 212 g/mol. The highest BCUT2D eigenvalue weighted by Crippen LogP contribution is 2.30. The van der Waals surface area contributed by atoms with E-state index in [0.717, 1.165) is 9.80 Å². The van der Waals surface area contributed by atoms with Crippen molar-refractivity contribution in [2.75, 3.05) is 12.5 Å². The summed E-state index contributed by atoms with van der Waals surface area (Å²) in [4.78, 5) is 0. The van der Waals surface area contributed by atoms with Gasteiger partial charge in [0.1, 0.15) is 5.76 Å². The van der Waals surface area contributed by atoms with Crippen LogP contribution in [0, 0.1) is 0 Å². The molecule has 0 aliphatic rings. The summed E-state index contributed by atoms with van der Waals surface area (Å²) in [6.07, 6.45) is 3.93. The maximum atomic E-state index is 9.82. The Bertz CT molecular complexity index is 287. The van der Waals surface area contributed by atoms with E-state index in [1.807, 2.05) is 42.8 Å². The van der Waals surface area contributed by atoms with Gasteiger partial charge in [-0.1, -0.05) is 30.3 Å². The molecule has 0 aliphatic carbocycles. The minimum Gasteiger partial charge on any atom is -0.506 e. The summed E-state index contributed by atoms with van der Waals surface area (Å²) in [5.41, 5.74) is 0.876. The first-order valence-corrected chi connectivity index (χ1v) is 6.31. The van der Waals surface area contributed by atoms with Crippen LogP contribution in [0.1, 0.15) is 5.56 Å². The van der Waals surface area contributed by atoms with Crippen LogP contribution in [-0.2, 0) is 0 Å². The molecule has 0 bridgehead atoms. The lowest BCUT2D eigenvalue weighted by Gasteiger charge is -2.04. The highest BCUT2D eigenvalue weighted by atomic mass is 32.2. The second-order valence-corrected chi connectivity index (χ2v) is 4.30. The van der Waals surface area contributed by atoms with Crippen LogP contribution in [0.2, 0.25) is 0 Å². The van der Waals surface area contributed by atoms with Crippen molar-refractivity contribution < 1.29 is 5.11 Å². The molecule has 0 fully saturated rings. The van der Waals surface area contributed by atoms with Crippen molar-refractivity contribution in [3.8, 4) is 0 Å². The summed E-state index contributed by atoms with van der Waals surface area (Å²) in [7, 11) is 0. The fraction of sp³-hybridized carbons (Fsp3) is 0.200. The summed E-state index contributed by atoms with van der Waals surface area (Å²) in [6, 6.07) is 9.59. The Hall–Kier alpha value is -0.540. The molecule has 0 spiro atoms. The minimum atomic E-state index is 0.376. The number of thioether (sulfide) groups is 2. The summed E-state index contributed by atoms with van der Waals surface area (Å²) in [5.74, 6) is 0.376. The van der Waals surface area contributed by atoms with Crippen LogP contribution in [0.4, 0.5) is 0 Å². The first-order valence-electron chi connectivity index (χ1n) is 3.86. The van der Waals surface area contributed by atoms with Gasteiger partial charge in [-0.3, -0.25) is 0 Å². The average molecular weight is 212 g/mol. The molecule has 1 aromatic rings. The topological polar surface area (TPSA) is 20.2 Å². The Morgan fingerprint density at radius 1 is 1.08 bits per heavy atom. The maximum absolute atomic E-state index is 9.82. The van der Waals surface area contributed by atoms with E-state index in [-0.39, 0.29) is 0 Å². The number of rotatable bonds is 3. The third kappa shape index (κ3) is 2.71. The molecular weight excluding hydrogens is 200 g/mol. The van der Waals surface area contributed by atoms with E-state index in [9.17, 15) is 5.11 Å². The minimum absolute atomic E-state index is 0.376. The molecule has 0 radical (unpaired) electrons. The molecule has 1 rings (SSSR count). The van der Waals surface area contributed by atoms with Crippen molar-refractivity contribution in [3.05, 3.63) is 40.1 Å². The van der Waals surface area contributed by atoms with Gasteiger partial charge in [-0.15, -0.1) is 23.5 Å². The van der Waals surface area contributed by atoms with Gasteiger partial charge < -0.3 is 5.11 Å². The van der Waals surface area contributed by atoms with Crippen LogP contribution in [-0.4, -0.2) is 17.6 Å². The molecule has 0 atom stereocenters. The molecule has 0 saturated carbocycles. The number of aliphatic hydroxyl groups excluding tert-OH is 1. The van der Waals surface area contributed by atoms with Crippen LogP contribution in [0.3, 0.4) is 0 Å². The second-order valence-electron chi connectivity index (χ2n) is 2.41. The zero-order valence-electron chi connectivity index (χ0n) is 7.65. The van der Waals surface area contributed by atoms with E-state index < -0.39 is 0 Å². The van der Waals surface area contributed by atoms with Crippen molar-refractivity contribution in [1.82, 2.24) is 0 Å². The number of benzene rings is 1. The molecule has 0 aliphatic heterocycles. The molecule has 0 heterocycles. The molecule has 13 heavy (non-hydrogen) atoms. The lowest BCUT2D eigenvalue weighted by atomic mass is 10.2. The Labute approximate surface area is 87.2 Å². The number of hydrogen-bond acceptors (Lipinski definition) is 3. The molecule has 1 aromatic carbocycles. The Kier molecular flexibility index (Phi) is 4.25. The Morgan fingerprint density at radius 2 is 1.62 bits per heavy atom. The van der Waals surface area contributed by atoms with Gasteiger partial charge in [0.15, 0.2) is 0 Å². The Balaban J connectivity index is 3.01. The predicted octanol–water partition coefficient (Wildman–Crippen LogP) is 3.60. The molecule has 1 N–H and O–H groups in total. The van der Waals surface area contributed by atoms with E-state index in [0.29, 0.717) is 5.76 Å². The standard InChI is InChI=1S/C10H12OS2/c1-12-10(13-2)9(11)8-6-4-3-5-7-8/h3-7,11H,1-2H3. The van der Waals surface area contributed by atoms with Gasteiger partial charge in [0.05, 0.1) is 4.24 Å². The van der Waals surface area contributed by atoms with Crippen molar-refractivity contribution in [2.45, 2.75) is 0 Å². The van der Waals surface area contributed by atoms with Crippen LogP contribution in [0.5, 0.6) is 0 Å². The molecule has 0 aromatic heterocycles. The van der Waals surface area contributed by atoms with E-state index in [2.05, 4.69) is 0 Å². The van der Waals surface area contributed by atoms with Crippen LogP contribution >= 0.6 is 23.5 Å². The third-order valence-corrected chi connectivity index (χ3v) is 3.74. The van der Waals surface area contributed by atoms with Gasteiger partial charge in [0.2, 0.25) is 0 Å². The third-order valence-electron chi connectivity index (χ3n) is 1.61. The van der Waals surface area contributed by atoms with Gasteiger partial charge in [-0.25, -0.2) is 0 Å². The molecule has 0 saturated heterocycles. The van der Waals surface area contributed by atoms with Crippen molar-refractivity contribution in [2.24, 2.45) is 0 Å². The molecular formula is C10H12OS2. The van der Waals surface area contributed by atoms with E-state index in [1.165, 1.54) is 0 Å². The summed E-state index contributed by atoms with van der Waals surface area (Å²) < 4.78 is 0.950. The van der Waals surface area contributed by atoms with Crippen molar-refractivity contribution >= 4 is 29.3 Å². The van der Waals surface area contributed by atoms with Crippen LogP contribution in [0.15, 0.2) is 34.6 Å². The highest BCUT2D eigenvalue weighted by Gasteiger charge is 2.04. The van der Waals surface area contributed by atoms with Gasteiger partial charge in [0, 0.05) is 5.56 Å². The number of aliphatic hydroxyl groups is 1. The smallest absolute Gasteiger partial charge is 0.142 e. The summed E-state index contributed by atoms with van der Waals surface area (Å²) in [5, 5.41) is 9.82. The normalized spacial score (nSPS) is 9.69. The van der Waals surface area contributed by atoms with Crippen LogP contribution in [0.25, 0.3) is 5.76 Å². The van der Waals surface area contributed by atoms with E-state index in [1.54, 1.807) is 23.5 Å². The van der Waals surface area contributed by atoms with Crippen molar-refractivity contribution in [3.63, 3.8) is 0 Å². The maximum Gasteiger partial charge on any atom is 0.142 e. The second kappa shape index (κ2) is 5.25. The molecule has 0 unspecified atom stereocenters. The SMILES string of the molecule is CSC(SC)=C(O)c1ccccc1. The van der Waals surface area contributed by atoms with E-state index in [4.69, 9.17) is 0 Å². The molecule has 70 valence electrons. The zero-order valence-corrected chi connectivity index (χ0v) is 9.28. The van der Waals surface area contributed by atoms with Crippen LogP contribution < -0.4 is 0 Å². The fourth-order valence-corrected chi connectivity index (χ4v) is 2.28. The first kappa shape index (κ1) is 10.5. The molecule has 1 nitrogen and oxygen atoms in total. The van der Waals surface area contributed by atoms with E-state index >= 15 is 0 Å². The van der Waals surface area contributed by atoms with Gasteiger partial charge in [0.25, 0.3) is 0 Å².